The molecule has 0 radical (unpaired) electrons. The molecule has 1 aliphatic heterocycles. The Morgan fingerprint density at radius 1 is 1.13 bits per heavy atom. The summed E-state index contributed by atoms with van der Waals surface area (Å²) >= 11 is 0. The van der Waals surface area contributed by atoms with E-state index in [9.17, 15) is 4.39 Å². The first kappa shape index (κ1) is 7.14. The zero-order chi connectivity index (χ0) is 24.6. The van der Waals surface area contributed by atoms with Gasteiger partial charge in [-0.1, -0.05) is 66.7 Å². The van der Waals surface area contributed by atoms with E-state index < -0.39 is 38.1 Å². The van der Waals surface area contributed by atoms with Crippen molar-refractivity contribution in [2.45, 2.75) is 12.5 Å². The van der Waals surface area contributed by atoms with Crippen LogP contribution in [0.1, 0.15) is 42.3 Å². The van der Waals surface area contributed by atoms with Gasteiger partial charge in [0.25, 0.3) is 0 Å². The van der Waals surface area contributed by atoms with Gasteiger partial charge in [-0.15, -0.1) is 0 Å². The fourth-order valence-corrected chi connectivity index (χ4v) is 2.60. The summed E-state index contributed by atoms with van der Waals surface area (Å²) in [5.41, 5.74) is 2.23. The highest BCUT2D eigenvalue weighted by Gasteiger charge is 2.25. The molecule has 0 amide bonds. The molecule has 0 saturated carbocycles. The molecular formula is C21H20FN. The zero-order valence-corrected chi connectivity index (χ0v) is 12.1. The molecule has 0 spiro atoms. The lowest BCUT2D eigenvalue weighted by atomic mass is 9.92. The summed E-state index contributed by atoms with van der Waals surface area (Å²) in [6, 6.07) is 12.8. The van der Waals surface area contributed by atoms with Crippen molar-refractivity contribution in [3.63, 3.8) is 0 Å². The number of fused-ring (bicyclic) bond motifs is 2. The minimum absolute atomic E-state index is 0.0547. The van der Waals surface area contributed by atoms with Gasteiger partial charge in [-0.05, 0) is 34.2 Å². The maximum absolute atomic E-state index is 14.5. The Labute approximate surface area is 150 Å². The Kier molecular flexibility index (Phi) is 1.90. The Balaban J connectivity index is 1.96. The summed E-state index contributed by atoms with van der Waals surface area (Å²) in [5.74, 6) is 0. The van der Waals surface area contributed by atoms with Crippen molar-refractivity contribution < 1.29 is 18.1 Å². The van der Waals surface area contributed by atoms with E-state index in [0.717, 1.165) is 0 Å². The highest BCUT2D eigenvalue weighted by molar-refractivity contribution is 5.93. The number of benzene rings is 2. The van der Waals surface area contributed by atoms with Gasteiger partial charge in [0, 0.05) is 30.5 Å². The van der Waals surface area contributed by atoms with Gasteiger partial charge in [-0.25, -0.2) is 4.39 Å². The molecular weight excluding hydrogens is 285 g/mol. The summed E-state index contributed by atoms with van der Waals surface area (Å²) in [6.45, 7) is -10.5. The molecule has 2 aliphatic rings. The van der Waals surface area contributed by atoms with Gasteiger partial charge in [-0.3, -0.25) is 4.90 Å². The average molecular weight is 315 g/mol. The first-order valence-corrected chi connectivity index (χ1v) is 7.18. The number of rotatable bonds is 3. The first-order valence-electron chi connectivity index (χ1n) is 12.2. The summed E-state index contributed by atoms with van der Waals surface area (Å²) < 4.78 is 95.5. The van der Waals surface area contributed by atoms with Crippen LogP contribution in [0.4, 0.5) is 4.39 Å². The molecule has 2 heteroatoms. The molecule has 2 aromatic carbocycles. The van der Waals surface area contributed by atoms with Gasteiger partial charge >= 0.3 is 0 Å². The van der Waals surface area contributed by atoms with Crippen LogP contribution in [0.5, 0.6) is 0 Å². The highest BCUT2D eigenvalue weighted by Crippen LogP contribution is 2.33. The summed E-state index contributed by atoms with van der Waals surface area (Å²) in [6.07, 6.45) is -3.57. The Bertz CT molecular complexity index is 1120. The van der Waals surface area contributed by atoms with Crippen LogP contribution < -0.4 is 0 Å². The van der Waals surface area contributed by atoms with Crippen molar-refractivity contribution in [1.82, 2.24) is 4.90 Å². The van der Waals surface area contributed by atoms with E-state index in [1.807, 2.05) is 0 Å². The van der Waals surface area contributed by atoms with Crippen molar-refractivity contribution in [2.75, 3.05) is 19.5 Å². The van der Waals surface area contributed by atoms with Crippen molar-refractivity contribution in [1.29, 1.82) is 0 Å². The quantitative estimate of drug-likeness (QED) is 0.680. The monoisotopic (exact) mass is 315 g/mol. The van der Waals surface area contributed by atoms with Crippen LogP contribution in [0.25, 0.3) is 17.7 Å². The Morgan fingerprint density at radius 2 is 1.70 bits per heavy atom. The number of alkyl halides is 1. The Morgan fingerprint density at radius 3 is 2.30 bits per heavy atom. The molecule has 23 heavy (non-hydrogen) atoms. The molecule has 1 heterocycles. The molecule has 0 atom stereocenters. The van der Waals surface area contributed by atoms with Crippen molar-refractivity contribution in [3.8, 4) is 0 Å². The van der Waals surface area contributed by atoms with Gasteiger partial charge in [0.05, 0.1) is 2.74 Å². The third-order valence-electron chi connectivity index (χ3n) is 3.68. The van der Waals surface area contributed by atoms with Crippen LogP contribution >= 0.6 is 0 Å². The minimum Gasteiger partial charge on any atom is -0.297 e. The number of hydrogen-bond acceptors (Lipinski definition) is 1. The highest BCUT2D eigenvalue weighted by atomic mass is 19.1. The van der Waals surface area contributed by atoms with E-state index in [0.29, 0.717) is 22.3 Å². The minimum atomic E-state index is -3.83. The summed E-state index contributed by atoms with van der Waals surface area (Å²) in [5, 5.41) is 0. The van der Waals surface area contributed by atoms with Crippen molar-refractivity contribution >= 4 is 17.7 Å². The van der Waals surface area contributed by atoms with E-state index in [1.165, 1.54) is 0 Å². The topological polar surface area (TPSA) is 3.24 Å². The molecule has 0 bridgehead atoms. The van der Waals surface area contributed by atoms with Gasteiger partial charge < -0.3 is 0 Å². The van der Waals surface area contributed by atoms with Gasteiger partial charge in [0.15, 0.2) is 0 Å². The number of hydrogen-bond donors (Lipinski definition) is 0. The molecule has 1 fully saturated rings. The van der Waals surface area contributed by atoms with Crippen LogP contribution in [0.3, 0.4) is 0 Å². The van der Waals surface area contributed by atoms with E-state index in [4.69, 9.17) is 13.7 Å². The van der Waals surface area contributed by atoms with Gasteiger partial charge in [-0.2, -0.15) is 0 Å². The van der Waals surface area contributed by atoms with E-state index >= 15 is 0 Å². The molecule has 116 valence electrons. The predicted molar refractivity (Wildman–Crippen MR) is 94.8 cm³/mol. The second kappa shape index (κ2) is 6.13. The molecule has 0 N–H and O–H groups in total. The molecule has 0 aromatic heterocycles. The van der Waals surface area contributed by atoms with Crippen LogP contribution in [0.15, 0.2) is 54.6 Å². The normalized spacial score (nSPS) is 30.6. The molecule has 0 unspecified atom stereocenters. The average Bonchev–Trinajstić information content (AvgIpc) is 2.89. The SMILES string of the molecule is [2H]C(=C1c2ccccc2C=Cc2ccccc21)C([2H])([2H])C([2H])([2H])N1C([2H])([2H])C([2H])(F)C1([2H])[2H]. The molecule has 2 aromatic rings. The molecule has 1 saturated heterocycles. The lowest BCUT2D eigenvalue weighted by Gasteiger charge is -2.33. The van der Waals surface area contributed by atoms with Crippen LogP contribution in [0.2, 0.25) is 0 Å². The smallest absolute Gasteiger partial charge is 0.125 e. The van der Waals surface area contributed by atoms with Crippen LogP contribution in [-0.2, 0) is 0 Å². The Hall–Kier alpha value is -2.19. The lowest BCUT2D eigenvalue weighted by Crippen LogP contribution is -2.48. The van der Waals surface area contributed by atoms with Crippen molar-refractivity contribution in [2.24, 2.45) is 0 Å². The fraction of sp³-hybridized carbons (Fsp3) is 0.238. The molecule has 4 rings (SSSR count). The second-order valence-corrected chi connectivity index (χ2v) is 5.12. The first-order chi connectivity index (χ1) is 15.1. The number of nitrogens with zero attached hydrogens (tertiary/aromatic N) is 1. The third-order valence-corrected chi connectivity index (χ3v) is 3.68. The predicted octanol–water partition coefficient (Wildman–Crippen LogP) is 4.65. The fourth-order valence-electron chi connectivity index (χ4n) is 2.60. The zero-order valence-electron chi connectivity index (χ0n) is 22.1. The number of halogens is 1. The third kappa shape index (κ3) is 2.87. The van der Waals surface area contributed by atoms with Crippen LogP contribution in [0, 0.1) is 0 Å². The molecule has 1 aliphatic carbocycles. The van der Waals surface area contributed by atoms with E-state index in [1.54, 1.807) is 60.7 Å². The van der Waals surface area contributed by atoms with E-state index in [2.05, 4.69) is 0 Å². The lowest BCUT2D eigenvalue weighted by molar-refractivity contribution is 0.0677. The van der Waals surface area contributed by atoms with E-state index in [-0.39, 0.29) is 10.5 Å². The van der Waals surface area contributed by atoms with Gasteiger partial charge in [0.1, 0.15) is 6.15 Å². The maximum atomic E-state index is 14.5. The van der Waals surface area contributed by atoms with Crippen molar-refractivity contribution in [3.05, 3.63) is 76.8 Å². The maximum Gasteiger partial charge on any atom is 0.125 e. The summed E-state index contributed by atoms with van der Waals surface area (Å²) in [7, 11) is 0. The molecule has 1 nitrogen and oxygen atoms in total. The van der Waals surface area contributed by atoms with Crippen LogP contribution in [-0.4, -0.2) is 30.5 Å². The standard InChI is InChI=1S/C21H20FN/c22-18-14-23(15-18)13-5-10-21-19-8-3-1-6-16(19)11-12-17-7-2-4-9-20(17)21/h1-4,6-12,18H,5,13-15H2/i5D2,10D,13D2,14D2,15D2,18D. The summed E-state index contributed by atoms with van der Waals surface area (Å²) in [4.78, 5) is -0.262. The number of likely N-dealkylation sites (tertiary alicyclic amines) is 1. The second-order valence-electron chi connectivity index (χ2n) is 5.12. The largest absolute Gasteiger partial charge is 0.297 e. The van der Waals surface area contributed by atoms with Gasteiger partial charge in [0.2, 0.25) is 0 Å².